The van der Waals surface area contributed by atoms with E-state index in [0.717, 1.165) is 12.1 Å². The zero-order chi connectivity index (χ0) is 24.1. The Morgan fingerprint density at radius 2 is 1.97 bits per heavy atom. The molecule has 2 rings (SSSR count). The summed E-state index contributed by atoms with van der Waals surface area (Å²) in [4.78, 5) is 27.0. The number of anilines is 2. The van der Waals surface area contributed by atoms with Crippen LogP contribution in [0.15, 0.2) is 18.2 Å². The number of morpholine rings is 1. The molecule has 1 fully saturated rings. The molecule has 32 heavy (non-hydrogen) atoms. The molecule has 1 saturated heterocycles. The molecule has 0 aliphatic carbocycles. The molecule has 1 aliphatic heterocycles. The van der Waals surface area contributed by atoms with E-state index in [1.54, 1.807) is 13.8 Å². The smallest absolute Gasteiger partial charge is 0.370 e. The molecule has 3 N–H and O–H groups in total. The van der Waals surface area contributed by atoms with E-state index in [9.17, 15) is 31.5 Å². The SMILES string of the molecule is CC(C)CN(CC(F)F)[C@H](CN)C(=O)Nc1ccc(N2CCOCC2=O)cc1C(F)(F)F. The van der Waals surface area contributed by atoms with Gasteiger partial charge in [-0.3, -0.25) is 14.5 Å². The lowest BCUT2D eigenvalue weighted by molar-refractivity contribution is -0.137. The summed E-state index contributed by atoms with van der Waals surface area (Å²) in [5, 5.41) is 2.18. The molecule has 12 heteroatoms. The van der Waals surface area contributed by atoms with Crippen molar-refractivity contribution in [2.24, 2.45) is 11.7 Å². The van der Waals surface area contributed by atoms with Crippen LogP contribution in [0.2, 0.25) is 0 Å². The van der Waals surface area contributed by atoms with E-state index < -0.39 is 48.3 Å². The number of halogens is 5. The molecule has 0 unspecified atom stereocenters. The normalized spacial score (nSPS) is 16.2. The van der Waals surface area contributed by atoms with Crippen LogP contribution in [0.3, 0.4) is 0 Å². The predicted molar refractivity (Wildman–Crippen MR) is 109 cm³/mol. The van der Waals surface area contributed by atoms with Crippen molar-refractivity contribution >= 4 is 23.2 Å². The van der Waals surface area contributed by atoms with Crippen molar-refractivity contribution in [3.05, 3.63) is 23.8 Å². The number of hydrogen-bond donors (Lipinski definition) is 2. The predicted octanol–water partition coefficient (Wildman–Crippen LogP) is 2.56. The van der Waals surface area contributed by atoms with Crippen LogP contribution in [0.25, 0.3) is 0 Å². The first kappa shape index (κ1) is 25.9. The highest BCUT2D eigenvalue weighted by atomic mass is 19.4. The van der Waals surface area contributed by atoms with Crippen LogP contribution in [0.5, 0.6) is 0 Å². The number of carbonyl (C=O) groups excluding carboxylic acids is 2. The average molecular weight is 466 g/mol. The first-order valence-corrected chi connectivity index (χ1v) is 10.1. The summed E-state index contributed by atoms with van der Waals surface area (Å²) in [5.74, 6) is -1.48. The Bertz CT molecular complexity index is 794. The van der Waals surface area contributed by atoms with Crippen LogP contribution in [0.4, 0.5) is 33.3 Å². The van der Waals surface area contributed by atoms with Crippen LogP contribution >= 0.6 is 0 Å². The van der Waals surface area contributed by atoms with Crippen molar-refractivity contribution in [1.29, 1.82) is 0 Å². The maximum absolute atomic E-state index is 13.7. The highest BCUT2D eigenvalue weighted by Gasteiger charge is 2.36. The molecule has 1 atom stereocenters. The van der Waals surface area contributed by atoms with Crippen LogP contribution in [0, 0.1) is 5.92 Å². The van der Waals surface area contributed by atoms with Crippen molar-refractivity contribution in [3.63, 3.8) is 0 Å². The van der Waals surface area contributed by atoms with Gasteiger partial charge in [0, 0.05) is 25.3 Å². The first-order valence-electron chi connectivity index (χ1n) is 10.1. The van der Waals surface area contributed by atoms with Crippen LogP contribution in [-0.2, 0) is 20.5 Å². The average Bonchev–Trinajstić information content (AvgIpc) is 2.67. The molecule has 1 aromatic rings. The number of carbonyl (C=O) groups is 2. The highest BCUT2D eigenvalue weighted by molar-refractivity contribution is 5.98. The molecule has 1 heterocycles. The first-order chi connectivity index (χ1) is 14.9. The Kier molecular flexibility index (Phi) is 8.93. The second kappa shape index (κ2) is 11.0. The topological polar surface area (TPSA) is 87.9 Å². The van der Waals surface area contributed by atoms with Crippen LogP contribution in [-0.4, -0.2) is 68.6 Å². The van der Waals surface area contributed by atoms with E-state index in [2.05, 4.69) is 5.32 Å². The van der Waals surface area contributed by atoms with Crippen LogP contribution < -0.4 is 16.0 Å². The lowest BCUT2D eigenvalue weighted by Crippen LogP contribution is -2.51. The lowest BCUT2D eigenvalue weighted by atomic mass is 10.1. The Labute approximate surface area is 182 Å². The second-order valence-corrected chi connectivity index (χ2v) is 7.81. The molecular weight excluding hydrogens is 439 g/mol. The number of alkyl halides is 5. The summed E-state index contributed by atoms with van der Waals surface area (Å²) in [7, 11) is 0. The minimum atomic E-state index is -4.84. The number of rotatable bonds is 9. The van der Waals surface area contributed by atoms with Gasteiger partial charge in [-0.25, -0.2) is 8.78 Å². The Morgan fingerprint density at radius 3 is 2.50 bits per heavy atom. The van der Waals surface area contributed by atoms with E-state index in [1.165, 1.54) is 15.9 Å². The number of amides is 2. The van der Waals surface area contributed by atoms with Gasteiger partial charge in [0.25, 0.3) is 12.3 Å². The van der Waals surface area contributed by atoms with Gasteiger partial charge in [0.15, 0.2) is 0 Å². The molecule has 0 bridgehead atoms. The molecular formula is C20H27F5N4O3. The second-order valence-electron chi connectivity index (χ2n) is 7.81. The number of nitrogens with two attached hydrogens (primary N) is 1. The lowest BCUT2D eigenvalue weighted by Gasteiger charge is -2.31. The van der Waals surface area contributed by atoms with Crippen molar-refractivity contribution < 1.29 is 36.3 Å². The molecule has 0 spiro atoms. The van der Waals surface area contributed by atoms with Crippen molar-refractivity contribution in [1.82, 2.24) is 4.90 Å². The maximum Gasteiger partial charge on any atom is 0.418 e. The van der Waals surface area contributed by atoms with E-state index in [1.807, 2.05) is 0 Å². The Balaban J connectivity index is 2.32. The zero-order valence-corrected chi connectivity index (χ0v) is 17.8. The number of hydrogen-bond acceptors (Lipinski definition) is 5. The standard InChI is InChI=1S/C20H27F5N4O3/c1-12(2)9-28(10-17(21)22)16(8-26)19(31)27-15-4-3-13(7-14(15)20(23,24)25)29-5-6-32-11-18(29)30/h3-4,7,12,16-17H,5-6,8-11,26H2,1-2H3,(H,27,31)/t16-/m1/s1. The minimum Gasteiger partial charge on any atom is -0.370 e. The van der Waals surface area contributed by atoms with Crippen molar-refractivity contribution in [2.45, 2.75) is 32.5 Å². The van der Waals surface area contributed by atoms with E-state index in [4.69, 9.17) is 10.5 Å². The van der Waals surface area contributed by atoms with Gasteiger partial charge < -0.3 is 20.7 Å². The fraction of sp³-hybridized carbons (Fsp3) is 0.600. The van der Waals surface area contributed by atoms with Crippen molar-refractivity contribution in [3.8, 4) is 0 Å². The fourth-order valence-corrected chi connectivity index (χ4v) is 3.45. The van der Waals surface area contributed by atoms with Crippen LogP contribution in [0.1, 0.15) is 19.4 Å². The van der Waals surface area contributed by atoms with Gasteiger partial charge in [-0.05, 0) is 24.1 Å². The number of benzene rings is 1. The van der Waals surface area contributed by atoms with E-state index >= 15 is 0 Å². The monoisotopic (exact) mass is 466 g/mol. The van der Waals surface area contributed by atoms with Gasteiger partial charge in [0.1, 0.15) is 12.6 Å². The summed E-state index contributed by atoms with van der Waals surface area (Å²) in [6.45, 7) is 2.57. The summed E-state index contributed by atoms with van der Waals surface area (Å²) in [5.41, 5.74) is 3.91. The molecule has 0 saturated carbocycles. The summed E-state index contributed by atoms with van der Waals surface area (Å²) in [6.07, 6.45) is -7.58. The number of nitrogens with zero attached hydrogens (tertiary/aromatic N) is 2. The Hall–Kier alpha value is -2.31. The summed E-state index contributed by atoms with van der Waals surface area (Å²) in [6, 6.07) is 1.83. The quantitative estimate of drug-likeness (QED) is 0.547. The molecule has 7 nitrogen and oxygen atoms in total. The molecule has 0 radical (unpaired) electrons. The number of ether oxygens (including phenoxy) is 1. The maximum atomic E-state index is 13.7. The third-order valence-corrected chi connectivity index (χ3v) is 4.80. The summed E-state index contributed by atoms with van der Waals surface area (Å²) < 4.78 is 72.1. The minimum absolute atomic E-state index is 0.0122. The van der Waals surface area contributed by atoms with Gasteiger partial charge >= 0.3 is 6.18 Å². The van der Waals surface area contributed by atoms with Gasteiger partial charge in [0.2, 0.25) is 5.91 Å². The molecule has 2 amide bonds. The molecule has 1 aromatic carbocycles. The third-order valence-electron chi connectivity index (χ3n) is 4.80. The fourth-order valence-electron chi connectivity index (χ4n) is 3.45. The van der Waals surface area contributed by atoms with Gasteiger partial charge in [-0.2, -0.15) is 13.2 Å². The van der Waals surface area contributed by atoms with E-state index in [0.29, 0.717) is 0 Å². The number of nitrogens with one attached hydrogen (secondary N) is 1. The molecule has 0 aromatic heterocycles. The third kappa shape index (κ3) is 6.84. The largest absolute Gasteiger partial charge is 0.418 e. The van der Waals surface area contributed by atoms with Gasteiger partial charge in [-0.15, -0.1) is 0 Å². The van der Waals surface area contributed by atoms with Gasteiger partial charge in [-0.1, -0.05) is 13.8 Å². The molecule has 180 valence electrons. The summed E-state index contributed by atoms with van der Waals surface area (Å²) >= 11 is 0. The zero-order valence-electron chi connectivity index (χ0n) is 17.8. The van der Waals surface area contributed by atoms with Gasteiger partial charge in [0.05, 0.1) is 24.4 Å². The van der Waals surface area contributed by atoms with Crippen molar-refractivity contribution in [2.75, 3.05) is 49.6 Å². The highest BCUT2D eigenvalue weighted by Crippen LogP contribution is 2.37. The van der Waals surface area contributed by atoms with E-state index in [-0.39, 0.29) is 44.5 Å². The molecule has 1 aliphatic rings. The Morgan fingerprint density at radius 1 is 1.28 bits per heavy atom.